The van der Waals surface area contributed by atoms with Crippen molar-refractivity contribution in [2.24, 2.45) is 0 Å². The maximum Gasteiger partial charge on any atom is 0.0950 e. The Morgan fingerprint density at radius 3 is 2.57 bits per heavy atom. The van der Waals surface area contributed by atoms with Crippen LogP contribution in [0, 0.1) is 0 Å². The minimum Gasteiger partial charge on any atom is -0.382 e. The fraction of sp³-hybridized carbons (Fsp3) is 0.625. The predicted octanol–water partition coefficient (Wildman–Crippen LogP) is 3.06. The van der Waals surface area contributed by atoms with Crippen molar-refractivity contribution in [2.75, 3.05) is 40.1 Å². The summed E-state index contributed by atoms with van der Waals surface area (Å²) < 4.78 is 16.3. The average Bonchev–Trinajstić information content (AvgIpc) is 2.45. The Morgan fingerprint density at radius 2 is 1.90 bits per heavy atom. The Balaban J connectivity index is 2.45. The van der Waals surface area contributed by atoms with Crippen LogP contribution in [0.25, 0.3) is 0 Å². The first-order chi connectivity index (χ1) is 10.1. The summed E-state index contributed by atoms with van der Waals surface area (Å²) in [7, 11) is 1.66. The Labute approximate surface area is 132 Å². The molecule has 0 saturated heterocycles. The van der Waals surface area contributed by atoms with Gasteiger partial charge in [0.05, 0.1) is 32.5 Å². The molecule has 0 spiro atoms. The lowest BCUT2D eigenvalue weighted by Gasteiger charge is -2.20. The molecule has 0 fully saturated rings. The highest BCUT2D eigenvalue weighted by atomic mass is 35.5. The molecule has 0 aromatic heterocycles. The standard InChI is InChI=1S/C16H26ClNO3/c1-13(2)18-12-16(14-5-4-6-15(17)11-14)21-10-9-20-8-7-19-3/h4-6,11,13,16,18H,7-10,12H2,1-3H3. The summed E-state index contributed by atoms with van der Waals surface area (Å²) in [5, 5.41) is 4.12. The van der Waals surface area contributed by atoms with Crippen molar-refractivity contribution in [1.82, 2.24) is 5.32 Å². The maximum atomic E-state index is 6.06. The van der Waals surface area contributed by atoms with Crippen molar-refractivity contribution in [3.8, 4) is 0 Å². The van der Waals surface area contributed by atoms with Crippen LogP contribution in [0.5, 0.6) is 0 Å². The van der Waals surface area contributed by atoms with Crippen LogP contribution in [0.1, 0.15) is 25.5 Å². The van der Waals surface area contributed by atoms with Crippen LogP contribution in [0.3, 0.4) is 0 Å². The third kappa shape index (κ3) is 8.39. The van der Waals surface area contributed by atoms with Gasteiger partial charge in [0.15, 0.2) is 0 Å². The second kappa shape index (κ2) is 11.0. The van der Waals surface area contributed by atoms with Crippen LogP contribution in [-0.4, -0.2) is 46.1 Å². The largest absolute Gasteiger partial charge is 0.382 e. The molecular weight excluding hydrogens is 290 g/mol. The van der Waals surface area contributed by atoms with E-state index in [2.05, 4.69) is 19.2 Å². The number of hydrogen-bond donors (Lipinski definition) is 1. The van der Waals surface area contributed by atoms with Gasteiger partial charge in [0.2, 0.25) is 0 Å². The van der Waals surface area contributed by atoms with E-state index in [-0.39, 0.29) is 6.10 Å². The number of rotatable bonds is 11. The van der Waals surface area contributed by atoms with Crippen LogP contribution in [0.2, 0.25) is 5.02 Å². The molecule has 0 saturated carbocycles. The van der Waals surface area contributed by atoms with Crippen molar-refractivity contribution in [3.63, 3.8) is 0 Å². The Kier molecular flexibility index (Phi) is 9.63. The van der Waals surface area contributed by atoms with Crippen LogP contribution < -0.4 is 5.32 Å². The molecule has 0 aliphatic rings. The Hall–Kier alpha value is -0.650. The second-order valence-electron chi connectivity index (χ2n) is 5.08. The van der Waals surface area contributed by atoms with Gasteiger partial charge in [-0.05, 0) is 17.7 Å². The molecular formula is C16H26ClNO3. The molecule has 0 amide bonds. The topological polar surface area (TPSA) is 39.7 Å². The molecule has 1 aromatic carbocycles. The number of nitrogens with one attached hydrogen (secondary N) is 1. The van der Waals surface area contributed by atoms with Gasteiger partial charge in [0.1, 0.15) is 0 Å². The van der Waals surface area contributed by atoms with E-state index in [1.807, 2.05) is 24.3 Å². The first-order valence-corrected chi connectivity index (χ1v) is 7.68. The first-order valence-electron chi connectivity index (χ1n) is 7.30. The molecule has 21 heavy (non-hydrogen) atoms. The number of benzene rings is 1. The van der Waals surface area contributed by atoms with Crippen LogP contribution in [-0.2, 0) is 14.2 Å². The Morgan fingerprint density at radius 1 is 1.14 bits per heavy atom. The van der Waals surface area contributed by atoms with Gasteiger partial charge in [-0.25, -0.2) is 0 Å². The normalized spacial score (nSPS) is 12.8. The highest BCUT2D eigenvalue weighted by Gasteiger charge is 2.13. The van der Waals surface area contributed by atoms with Gasteiger partial charge >= 0.3 is 0 Å². The van der Waals surface area contributed by atoms with Crippen LogP contribution in [0.15, 0.2) is 24.3 Å². The summed E-state index contributed by atoms with van der Waals surface area (Å²) >= 11 is 6.06. The number of hydrogen-bond acceptors (Lipinski definition) is 4. The number of methoxy groups -OCH3 is 1. The van der Waals surface area contributed by atoms with E-state index in [0.29, 0.717) is 32.5 Å². The molecule has 1 atom stereocenters. The fourth-order valence-corrected chi connectivity index (χ4v) is 2.01. The van der Waals surface area contributed by atoms with Crippen molar-refractivity contribution in [2.45, 2.75) is 26.0 Å². The van der Waals surface area contributed by atoms with E-state index in [1.165, 1.54) is 0 Å². The zero-order chi connectivity index (χ0) is 15.5. The van der Waals surface area contributed by atoms with Crippen LogP contribution in [0.4, 0.5) is 0 Å². The van der Waals surface area contributed by atoms with E-state index in [1.54, 1.807) is 7.11 Å². The maximum absolute atomic E-state index is 6.06. The van der Waals surface area contributed by atoms with E-state index < -0.39 is 0 Å². The Bertz CT molecular complexity index is 388. The average molecular weight is 316 g/mol. The molecule has 5 heteroatoms. The summed E-state index contributed by atoms with van der Waals surface area (Å²) in [5.41, 5.74) is 1.08. The molecule has 1 rings (SSSR count). The van der Waals surface area contributed by atoms with Gasteiger partial charge in [-0.3, -0.25) is 0 Å². The molecule has 4 nitrogen and oxygen atoms in total. The SMILES string of the molecule is COCCOCCOC(CNC(C)C)c1cccc(Cl)c1. The van der Waals surface area contributed by atoms with Crippen molar-refractivity contribution < 1.29 is 14.2 Å². The fourth-order valence-electron chi connectivity index (χ4n) is 1.82. The summed E-state index contributed by atoms with van der Waals surface area (Å²) in [6, 6.07) is 8.20. The lowest BCUT2D eigenvalue weighted by Crippen LogP contribution is -2.29. The van der Waals surface area contributed by atoms with Crippen LogP contribution >= 0.6 is 11.6 Å². The monoisotopic (exact) mass is 315 g/mol. The quantitative estimate of drug-likeness (QED) is 0.637. The van der Waals surface area contributed by atoms with Gasteiger partial charge in [0.25, 0.3) is 0 Å². The van der Waals surface area contributed by atoms with Gasteiger partial charge in [0, 0.05) is 24.7 Å². The second-order valence-corrected chi connectivity index (χ2v) is 5.52. The summed E-state index contributed by atoms with van der Waals surface area (Å²) in [5.74, 6) is 0. The molecule has 0 aliphatic carbocycles. The van der Waals surface area contributed by atoms with Gasteiger partial charge in [-0.1, -0.05) is 37.6 Å². The molecule has 1 unspecified atom stereocenters. The van der Waals surface area contributed by atoms with E-state index in [4.69, 9.17) is 25.8 Å². The molecule has 0 radical (unpaired) electrons. The molecule has 1 aromatic rings. The minimum absolute atomic E-state index is 0.0304. The van der Waals surface area contributed by atoms with E-state index in [0.717, 1.165) is 17.1 Å². The highest BCUT2D eigenvalue weighted by molar-refractivity contribution is 6.30. The molecule has 0 heterocycles. The van der Waals surface area contributed by atoms with E-state index >= 15 is 0 Å². The third-order valence-electron chi connectivity index (χ3n) is 2.91. The molecule has 1 N–H and O–H groups in total. The molecule has 0 bridgehead atoms. The summed E-state index contributed by atoms with van der Waals surface area (Å²) in [6.45, 7) is 7.27. The van der Waals surface area contributed by atoms with Gasteiger partial charge in [-0.15, -0.1) is 0 Å². The number of ether oxygens (including phenoxy) is 3. The summed E-state index contributed by atoms with van der Waals surface area (Å²) in [6.07, 6.45) is -0.0304. The zero-order valence-electron chi connectivity index (χ0n) is 13.1. The predicted molar refractivity (Wildman–Crippen MR) is 86.0 cm³/mol. The van der Waals surface area contributed by atoms with E-state index in [9.17, 15) is 0 Å². The van der Waals surface area contributed by atoms with Gasteiger partial charge < -0.3 is 19.5 Å². The number of halogens is 1. The third-order valence-corrected chi connectivity index (χ3v) is 3.15. The first kappa shape index (κ1) is 18.4. The van der Waals surface area contributed by atoms with Crippen molar-refractivity contribution in [3.05, 3.63) is 34.9 Å². The summed E-state index contributed by atoms with van der Waals surface area (Å²) in [4.78, 5) is 0. The highest BCUT2D eigenvalue weighted by Crippen LogP contribution is 2.20. The molecule has 120 valence electrons. The zero-order valence-corrected chi connectivity index (χ0v) is 13.9. The smallest absolute Gasteiger partial charge is 0.0950 e. The van der Waals surface area contributed by atoms with Gasteiger partial charge in [-0.2, -0.15) is 0 Å². The lowest BCUT2D eigenvalue weighted by atomic mass is 10.1. The lowest BCUT2D eigenvalue weighted by molar-refractivity contribution is -0.00737. The van der Waals surface area contributed by atoms with Crippen molar-refractivity contribution in [1.29, 1.82) is 0 Å². The molecule has 0 aliphatic heterocycles. The minimum atomic E-state index is -0.0304. The van der Waals surface area contributed by atoms with Crippen molar-refractivity contribution >= 4 is 11.6 Å².